The van der Waals surface area contributed by atoms with Gasteiger partial charge in [-0.05, 0) is 38.5 Å². The highest BCUT2D eigenvalue weighted by Crippen LogP contribution is 2.53. The van der Waals surface area contributed by atoms with Crippen LogP contribution in [0.1, 0.15) is 56.0 Å². The molecule has 1 saturated carbocycles. The molecular formula is C20H22O3. The second kappa shape index (κ2) is 4.80. The largest absolute Gasteiger partial charge is 0.486 e. The maximum Gasteiger partial charge on any atom is 0.234 e. The van der Waals surface area contributed by atoms with Crippen LogP contribution in [0.2, 0.25) is 0 Å². The number of hydrogen-bond acceptors (Lipinski definition) is 3. The van der Waals surface area contributed by atoms with E-state index < -0.39 is 0 Å². The lowest BCUT2D eigenvalue weighted by molar-refractivity contribution is -0.115. The summed E-state index contributed by atoms with van der Waals surface area (Å²) in [4.78, 5) is 25.4. The zero-order valence-corrected chi connectivity index (χ0v) is 13.9. The minimum Gasteiger partial charge on any atom is -0.486 e. The van der Waals surface area contributed by atoms with Crippen LogP contribution in [0.25, 0.3) is 5.76 Å². The van der Waals surface area contributed by atoms with Gasteiger partial charge in [-0.25, -0.2) is 0 Å². The number of ketones is 2. The molecule has 1 aromatic carbocycles. The molecule has 1 aliphatic heterocycles. The summed E-state index contributed by atoms with van der Waals surface area (Å²) in [6, 6.07) is 7.33. The topological polar surface area (TPSA) is 43.4 Å². The Morgan fingerprint density at radius 3 is 2.48 bits per heavy atom. The quantitative estimate of drug-likeness (QED) is 0.680. The fourth-order valence-electron chi connectivity index (χ4n) is 4.69. The van der Waals surface area contributed by atoms with Crippen molar-refractivity contribution in [2.75, 3.05) is 0 Å². The van der Waals surface area contributed by atoms with Gasteiger partial charge in [0.1, 0.15) is 11.4 Å². The summed E-state index contributed by atoms with van der Waals surface area (Å²) in [5.41, 5.74) is 1.60. The van der Waals surface area contributed by atoms with Crippen molar-refractivity contribution >= 4 is 17.3 Å². The standard InChI is InChI=1S/C20H22O3/c1-11-8-9-15-14(10-11)16-18(22)17(21)12-6-4-5-7-13(12)19(16)23-20(15,2)3/h4-7,11,14-15H,8-10H2,1-3H3/t11-,14-,15-/m0/s1. The highest BCUT2D eigenvalue weighted by atomic mass is 16.5. The zero-order valence-electron chi connectivity index (χ0n) is 13.9. The Hall–Kier alpha value is -1.90. The van der Waals surface area contributed by atoms with Gasteiger partial charge in [-0.1, -0.05) is 37.6 Å². The number of allylic oxidation sites excluding steroid dienone is 1. The summed E-state index contributed by atoms with van der Waals surface area (Å²) in [7, 11) is 0. The van der Waals surface area contributed by atoms with Crippen molar-refractivity contribution in [1.29, 1.82) is 0 Å². The van der Waals surface area contributed by atoms with Crippen LogP contribution in [0, 0.1) is 17.8 Å². The van der Waals surface area contributed by atoms with Crippen molar-refractivity contribution in [3.8, 4) is 0 Å². The molecule has 0 saturated heterocycles. The molecule has 3 aliphatic rings. The lowest BCUT2D eigenvalue weighted by atomic mass is 9.62. The molecule has 0 radical (unpaired) electrons. The highest BCUT2D eigenvalue weighted by Gasteiger charge is 2.51. The lowest BCUT2D eigenvalue weighted by Gasteiger charge is -2.50. The number of Topliss-reactive ketones (excluding diaryl/α,β-unsaturated/α-hetero) is 2. The van der Waals surface area contributed by atoms with Gasteiger partial charge in [0.15, 0.2) is 0 Å². The van der Waals surface area contributed by atoms with Gasteiger partial charge < -0.3 is 4.74 Å². The fraction of sp³-hybridized carbons (Fsp3) is 0.500. The van der Waals surface area contributed by atoms with E-state index in [0.717, 1.165) is 24.8 Å². The Labute approximate surface area is 136 Å². The summed E-state index contributed by atoms with van der Waals surface area (Å²) in [5.74, 6) is 0.962. The summed E-state index contributed by atoms with van der Waals surface area (Å²) in [6.07, 6.45) is 3.19. The van der Waals surface area contributed by atoms with E-state index in [4.69, 9.17) is 4.74 Å². The van der Waals surface area contributed by atoms with E-state index in [1.165, 1.54) is 0 Å². The number of benzene rings is 1. The summed E-state index contributed by atoms with van der Waals surface area (Å²) < 4.78 is 6.33. The molecular weight excluding hydrogens is 288 g/mol. The van der Waals surface area contributed by atoms with E-state index in [1.807, 2.05) is 12.1 Å². The third-order valence-corrected chi connectivity index (χ3v) is 5.85. The van der Waals surface area contributed by atoms with Crippen LogP contribution in [0.4, 0.5) is 0 Å². The Bertz CT molecular complexity index is 741. The Morgan fingerprint density at radius 1 is 1.04 bits per heavy atom. The zero-order chi connectivity index (χ0) is 16.4. The molecule has 0 aromatic heterocycles. The summed E-state index contributed by atoms with van der Waals surface area (Å²) in [6.45, 7) is 6.48. The van der Waals surface area contributed by atoms with Crippen LogP contribution in [-0.4, -0.2) is 17.2 Å². The van der Waals surface area contributed by atoms with Crippen LogP contribution in [-0.2, 0) is 9.53 Å². The average molecular weight is 310 g/mol. The first kappa shape index (κ1) is 14.7. The molecule has 120 valence electrons. The van der Waals surface area contributed by atoms with Gasteiger partial charge in [-0.15, -0.1) is 0 Å². The molecule has 3 atom stereocenters. The van der Waals surface area contributed by atoms with Gasteiger partial charge >= 0.3 is 0 Å². The van der Waals surface area contributed by atoms with E-state index in [-0.39, 0.29) is 23.1 Å². The predicted octanol–water partition coefficient (Wildman–Crippen LogP) is 4.02. The van der Waals surface area contributed by atoms with Crippen molar-refractivity contribution in [2.24, 2.45) is 17.8 Å². The van der Waals surface area contributed by atoms with E-state index in [9.17, 15) is 9.59 Å². The number of ether oxygens (including phenoxy) is 1. The number of hydrogen-bond donors (Lipinski definition) is 0. The van der Waals surface area contributed by atoms with Gasteiger partial charge in [0.05, 0.1) is 0 Å². The van der Waals surface area contributed by atoms with Crippen LogP contribution >= 0.6 is 0 Å². The minimum absolute atomic E-state index is 0.141. The Morgan fingerprint density at radius 2 is 1.74 bits per heavy atom. The number of fused-ring (bicyclic) bond motifs is 4. The van der Waals surface area contributed by atoms with Gasteiger partial charge in [0.2, 0.25) is 11.6 Å². The highest BCUT2D eigenvalue weighted by molar-refractivity contribution is 6.52. The van der Waals surface area contributed by atoms with Crippen molar-refractivity contribution in [2.45, 2.75) is 45.6 Å². The lowest BCUT2D eigenvalue weighted by Crippen LogP contribution is -2.49. The smallest absolute Gasteiger partial charge is 0.234 e. The van der Waals surface area contributed by atoms with Gasteiger partial charge in [0.25, 0.3) is 0 Å². The summed E-state index contributed by atoms with van der Waals surface area (Å²) in [5, 5.41) is 0. The van der Waals surface area contributed by atoms with E-state index >= 15 is 0 Å². The van der Waals surface area contributed by atoms with Crippen LogP contribution in [0.3, 0.4) is 0 Å². The van der Waals surface area contributed by atoms with Gasteiger partial charge in [0, 0.05) is 22.6 Å². The Kier molecular flexibility index (Phi) is 3.06. The third kappa shape index (κ3) is 2.02. The minimum atomic E-state index is -0.375. The monoisotopic (exact) mass is 310 g/mol. The molecule has 3 nitrogen and oxygen atoms in total. The second-order valence-electron chi connectivity index (χ2n) is 7.78. The maximum atomic E-state index is 12.8. The van der Waals surface area contributed by atoms with Gasteiger partial charge in [-0.2, -0.15) is 0 Å². The van der Waals surface area contributed by atoms with Crippen LogP contribution in [0.15, 0.2) is 29.8 Å². The fourth-order valence-corrected chi connectivity index (χ4v) is 4.69. The first-order valence-corrected chi connectivity index (χ1v) is 8.51. The molecule has 2 aliphatic carbocycles. The SMILES string of the molecule is C[C@H]1CC[C@H]2[C@H](C1)C1=C(OC2(C)C)c2ccccc2C(=O)C1=O. The second-order valence-corrected chi connectivity index (χ2v) is 7.78. The molecule has 1 aromatic rings. The molecule has 23 heavy (non-hydrogen) atoms. The van der Waals surface area contributed by atoms with Crippen LogP contribution < -0.4 is 0 Å². The summed E-state index contributed by atoms with van der Waals surface area (Å²) >= 11 is 0. The molecule has 0 amide bonds. The molecule has 0 N–H and O–H groups in total. The molecule has 1 heterocycles. The molecule has 0 bridgehead atoms. The van der Waals surface area contributed by atoms with Crippen molar-refractivity contribution in [1.82, 2.24) is 0 Å². The molecule has 0 unspecified atom stereocenters. The van der Waals surface area contributed by atoms with Crippen molar-refractivity contribution < 1.29 is 14.3 Å². The number of carbonyl (C=O) groups excluding carboxylic acids is 2. The van der Waals surface area contributed by atoms with Crippen LogP contribution in [0.5, 0.6) is 0 Å². The molecule has 0 spiro atoms. The molecule has 4 rings (SSSR count). The van der Waals surface area contributed by atoms with E-state index in [0.29, 0.717) is 28.7 Å². The maximum absolute atomic E-state index is 12.8. The number of rotatable bonds is 0. The Balaban J connectivity index is 1.94. The van der Waals surface area contributed by atoms with E-state index in [2.05, 4.69) is 20.8 Å². The predicted molar refractivity (Wildman–Crippen MR) is 87.9 cm³/mol. The normalized spacial score (nSPS) is 31.9. The van der Waals surface area contributed by atoms with Gasteiger partial charge in [-0.3, -0.25) is 9.59 Å². The van der Waals surface area contributed by atoms with Crippen molar-refractivity contribution in [3.05, 3.63) is 41.0 Å². The first-order chi connectivity index (χ1) is 10.9. The number of carbonyl (C=O) groups is 2. The average Bonchev–Trinajstić information content (AvgIpc) is 2.51. The van der Waals surface area contributed by atoms with E-state index in [1.54, 1.807) is 12.1 Å². The first-order valence-electron chi connectivity index (χ1n) is 8.51. The third-order valence-electron chi connectivity index (χ3n) is 5.85. The molecule has 1 fully saturated rings. The molecule has 3 heteroatoms. The van der Waals surface area contributed by atoms with Crippen molar-refractivity contribution in [3.63, 3.8) is 0 Å².